The van der Waals surface area contributed by atoms with Gasteiger partial charge >= 0.3 is 0 Å². The first kappa shape index (κ1) is 14.8. The molecule has 114 valence electrons. The van der Waals surface area contributed by atoms with Crippen LogP contribution in [0, 0.1) is 0 Å². The molecule has 0 bridgehead atoms. The fourth-order valence-corrected chi connectivity index (χ4v) is 3.90. The lowest BCUT2D eigenvalue weighted by Crippen LogP contribution is -1.93. The van der Waals surface area contributed by atoms with E-state index in [-0.39, 0.29) is 0 Å². The molecule has 23 heavy (non-hydrogen) atoms. The summed E-state index contributed by atoms with van der Waals surface area (Å²) in [6, 6.07) is 13.4. The molecule has 0 fully saturated rings. The van der Waals surface area contributed by atoms with Gasteiger partial charge in [-0.2, -0.15) is 0 Å². The van der Waals surface area contributed by atoms with Gasteiger partial charge in [-0.25, -0.2) is 4.98 Å². The number of rotatable bonds is 3. The molecule has 0 amide bonds. The molecule has 0 spiro atoms. The SMILES string of the molecule is Clc1cccc(Cl)c1CSc1nnc2c(n1)[nH]c1ccccc12. The van der Waals surface area contributed by atoms with Gasteiger partial charge in [0.15, 0.2) is 5.65 Å². The summed E-state index contributed by atoms with van der Waals surface area (Å²) in [7, 11) is 0. The molecule has 0 radical (unpaired) electrons. The standard InChI is InChI=1S/C16H10Cl2N4S/c17-11-5-3-6-12(18)10(11)8-23-16-20-15-14(21-22-16)9-4-1-2-7-13(9)19-15/h1-7H,8H2,(H,19,20,22). The third-order valence-corrected chi connectivity index (χ3v) is 5.08. The fourth-order valence-electron chi connectivity index (χ4n) is 2.37. The minimum atomic E-state index is 0.583. The van der Waals surface area contributed by atoms with Crippen LogP contribution in [0.1, 0.15) is 5.56 Å². The van der Waals surface area contributed by atoms with E-state index in [1.807, 2.05) is 42.5 Å². The molecule has 0 unspecified atom stereocenters. The average Bonchev–Trinajstić information content (AvgIpc) is 2.92. The van der Waals surface area contributed by atoms with Crippen LogP contribution in [-0.2, 0) is 5.75 Å². The van der Waals surface area contributed by atoms with E-state index in [0.29, 0.717) is 21.0 Å². The van der Waals surface area contributed by atoms with Crippen LogP contribution in [0.15, 0.2) is 47.6 Å². The number of thioether (sulfide) groups is 1. The summed E-state index contributed by atoms with van der Waals surface area (Å²) >= 11 is 13.8. The maximum atomic E-state index is 6.18. The summed E-state index contributed by atoms with van der Waals surface area (Å²) in [6.07, 6.45) is 0. The number of hydrogen-bond donors (Lipinski definition) is 1. The predicted molar refractivity (Wildman–Crippen MR) is 95.2 cm³/mol. The Labute approximate surface area is 146 Å². The van der Waals surface area contributed by atoms with Crippen molar-refractivity contribution in [2.24, 2.45) is 0 Å². The molecular weight excluding hydrogens is 351 g/mol. The lowest BCUT2D eigenvalue weighted by molar-refractivity contribution is 0.878. The number of para-hydroxylation sites is 1. The zero-order chi connectivity index (χ0) is 15.8. The highest BCUT2D eigenvalue weighted by Gasteiger charge is 2.11. The summed E-state index contributed by atoms with van der Waals surface area (Å²) in [6.45, 7) is 0. The predicted octanol–water partition coefficient (Wildman–Crippen LogP) is 5.11. The monoisotopic (exact) mass is 360 g/mol. The smallest absolute Gasteiger partial charge is 0.211 e. The number of nitrogens with one attached hydrogen (secondary N) is 1. The van der Waals surface area contributed by atoms with Crippen molar-refractivity contribution < 1.29 is 0 Å². The largest absolute Gasteiger partial charge is 0.338 e. The van der Waals surface area contributed by atoms with E-state index < -0.39 is 0 Å². The Kier molecular flexibility index (Phi) is 3.85. The van der Waals surface area contributed by atoms with Gasteiger partial charge in [0, 0.05) is 26.7 Å². The van der Waals surface area contributed by atoms with Gasteiger partial charge < -0.3 is 4.98 Å². The van der Waals surface area contributed by atoms with Crippen LogP contribution >= 0.6 is 35.0 Å². The van der Waals surface area contributed by atoms with Crippen molar-refractivity contribution in [3.63, 3.8) is 0 Å². The molecular formula is C16H10Cl2N4S. The highest BCUT2D eigenvalue weighted by Crippen LogP contribution is 2.31. The maximum absolute atomic E-state index is 6.18. The minimum absolute atomic E-state index is 0.583. The lowest BCUT2D eigenvalue weighted by atomic mass is 10.2. The van der Waals surface area contributed by atoms with Gasteiger partial charge in [-0.15, -0.1) is 10.2 Å². The molecule has 0 aliphatic heterocycles. The summed E-state index contributed by atoms with van der Waals surface area (Å²) in [5.74, 6) is 0.589. The van der Waals surface area contributed by atoms with Crippen LogP contribution in [0.5, 0.6) is 0 Å². The Morgan fingerprint density at radius 3 is 2.57 bits per heavy atom. The third-order valence-electron chi connectivity index (χ3n) is 3.51. The molecule has 7 heteroatoms. The third kappa shape index (κ3) is 2.76. The van der Waals surface area contributed by atoms with Crippen molar-refractivity contribution in [3.8, 4) is 0 Å². The minimum Gasteiger partial charge on any atom is -0.338 e. The highest BCUT2D eigenvalue weighted by molar-refractivity contribution is 7.98. The molecule has 0 aliphatic carbocycles. The van der Waals surface area contributed by atoms with Gasteiger partial charge in [0.25, 0.3) is 0 Å². The number of fused-ring (bicyclic) bond motifs is 3. The maximum Gasteiger partial charge on any atom is 0.211 e. The number of nitrogens with zero attached hydrogens (tertiary/aromatic N) is 3. The molecule has 0 saturated carbocycles. The first-order valence-electron chi connectivity index (χ1n) is 6.89. The molecule has 2 aromatic heterocycles. The van der Waals surface area contributed by atoms with Gasteiger partial charge in [-0.05, 0) is 23.8 Å². The van der Waals surface area contributed by atoms with Crippen molar-refractivity contribution in [2.45, 2.75) is 10.9 Å². The first-order valence-corrected chi connectivity index (χ1v) is 8.63. The highest BCUT2D eigenvalue weighted by atomic mass is 35.5. The van der Waals surface area contributed by atoms with Crippen molar-refractivity contribution in [3.05, 3.63) is 58.1 Å². The molecule has 2 aromatic carbocycles. The Morgan fingerprint density at radius 1 is 0.957 bits per heavy atom. The summed E-state index contributed by atoms with van der Waals surface area (Å²) in [4.78, 5) is 7.79. The molecule has 0 aliphatic rings. The zero-order valence-corrected chi connectivity index (χ0v) is 14.1. The molecule has 4 nitrogen and oxygen atoms in total. The molecule has 4 rings (SSSR count). The van der Waals surface area contributed by atoms with E-state index in [1.54, 1.807) is 0 Å². The normalized spacial score (nSPS) is 11.4. The van der Waals surface area contributed by atoms with Gasteiger partial charge in [0.1, 0.15) is 5.52 Å². The number of aromatic nitrogens is 4. The molecule has 2 heterocycles. The van der Waals surface area contributed by atoms with Crippen LogP contribution in [0.2, 0.25) is 10.0 Å². The average molecular weight is 361 g/mol. The van der Waals surface area contributed by atoms with E-state index in [1.165, 1.54) is 11.8 Å². The second-order valence-corrected chi connectivity index (χ2v) is 6.71. The van der Waals surface area contributed by atoms with Crippen LogP contribution in [0.3, 0.4) is 0 Å². The second-order valence-electron chi connectivity index (χ2n) is 4.95. The number of hydrogen-bond acceptors (Lipinski definition) is 4. The van der Waals surface area contributed by atoms with Gasteiger partial charge in [-0.1, -0.05) is 59.2 Å². The number of aromatic amines is 1. The Bertz CT molecular complexity index is 995. The van der Waals surface area contributed by atoms with Gasteiger partial charge in [0.2, 0.25) is 5.16 Å². The molecule has 0 atom stereocenters. The molecule has 4 aromatic rings. The van der Waals surface area contributed by atoms with Crippen LogP contribution in [0.25, 0.3) is 22.1 Å². The second kappa shape index (κ2) is 6.00. The fraction of sp³-hybridized carbons (Fsp3) is 0.0625. The molecule has 0 saturated heterocycles. The van der Waals surface area contributed by atoms with E-state index in [9.17, 15) is 0 Å². The quantitative estimate of drug-likeness (QED) is 0.516. The van der Waals surface area contributed by atoms with E-state index in [0.717, 1.165) is 27.6 Å². The van der Waals surface area contributed by atoms with Crippen LogP contribution in [-0.4, -0.2) is 20.2 Å². The Balaban J connectivity index is 1.66. The first-order chi connectivity index (χ1) is 11.2. The molecule has 1 N–H and O–H groups in total. The van der Waals surface area contributed by atoms with Crippen molar-refractivity contribution in [1.29, 1.82) is 0 Å². The van der Waals surface area contributed by atoms with Crippen LogP contribution < -0.4 is 0 Å². The summed E-state index contributed by atoms with van der Waals surface area (Å²) in [5, 5.41) is 11.4. The van der Waals surface area contributed by atoms with E-state index in [4.69, 9.17) is 23.2 Å². The lowest BCUT2D eigenvalue weighted by Gasteiger charge is -2.05. The van der Waals surface area contributed by atoms with E-state index >= 15 is 0 Å². The Morgan fingerprint density at radius 2 is 1.74 bits per heavy atom. The number of halogens is 2. The topological polar surface area (TPSA) is 54.5 Å². The van der Waals surface area contributed by atoms with Crippen LogP contribution in [0.4, 0.5) is 0 Å². The number of benzene rings is 2. The summed E-state index contributed by atoms with van der Waals surface area (Å²) in [5.41, 5.74) is 3.39. The zero-order valence-electron chi connectivity index (χ0n) is 11.8. The summed E-state index contributed by atoms with van der Waals surface area (Å²) < 4.78 is 0. The van der Waals surface area contributed by atoms with Gasteiger partial charge in [0.05, 0.1) is 0 Å². The number of H-pyrrole nitrogens is 1. The van der Waals surface area contributed by atoms with Crippen molar-refractivity contribution in [1.82, 2.24) is 20.2 Å². The Hall–Kier alpha value is -1.82. The van der Waals surface area contributed by atoms with Crippen molar-refractivity contribution >= 4 is 57.0 Å². The van der Waals surface area contributed by atoms with Gasteiger partial charge in [-0.3, -0.25) is 0 Å². The van der Waals surface area contributed by atoms with Crippen molar-refractivity contribution in [2.75, 3.05) is 0 Å². The van der Waals surface area contributed by atoms with E-state index in [2.05, 4.69) is 20.2 Å².